The number of halogens is 1. The lowest BCUT2D eigenvalue weighted by Gasteiger charge is -2.05. The lowest BCUT2D eigenvalue weighted by atomic mass is 10.4. The molecule has 0 aliphatic heterocycles. The Bertz CT molecular complexity index is 531. The van der Waals surface area contributed by atoms with Crippen LogP contribution in [0, 0.1) is 6.92 Å². The van der Waals surface area contributed by atoms with E-state index in [-0.39, 0.29) is 0 Å². The van der Waals surface area contributed by atoms with Crippen LogP contribution in [0.3, 0.4) is 0 Å². The van der Waals surface area contributed by atoms with Crippen molar-refractivity contribution >= 4 is 21.9 Å². The van der Waals surface area contributed by atoms with Crippen molar-refractivity contribution in [1.29, 1.82) is 0 Å². The van der Waals surface area contributed by atoms with Crippen LogP contribution in [-0.4, -0.2) is 33.8 Å². The van der Waals surface area contributed by atoms with E-state index in [4.69, 9.17) is 9.26 Å². The fourth-order valence-corrected chi connectivity index (χ4v) is 1.66. The van der Waals surface area contributed by atoms with Crippen molar-refractivity contribution < 1.29 is 9.26 Å². The van der Waals surface area contributed by atoms with Crippen molar-refractivity contribution in [2.45, 2.75) is 13.3 Å². The zero-order valence-electron chi connectivity index (χ0n) is 9.97. The van der Waals surface area contributed by atoms with Crippen LogP contribution >= 0.6 is 15.9 Å². The van der Waals surface area contributed by atoms with Crippen LogP contribution in [0.25, 0.3) is 0 Å². The Morgan fingerprint density at radius 3 is 2.94 bits per heavy atom. The highest BCUT2D eigenvalue weighted by Gasteiger charge is 2.06. The first kappa shape index (κ1) is 12.7. The van der Waals surface area contributed by atoms with Crippen molar-refractivity contribution in [2.24, 2.45) is 0 Å². The Balaban J connectivity index is 1.90. The first-order chi connectivity index (χ1) is 8.69. The van der Waals surface area contributed by atoms with E-state index in [2.05, 4.69) is 41.4 Å². The Kier molecular flexibility index (Phi) is 4.08. The average Bonchev–Trinajstić information content (AvgIpc) is 2.77. The van der Waals surface area contributed by atoms with Crippen LogP contribution in [0.15, 0.2) is 15.2 Å². The molecule has 7 nitrogen and oxygen atoms in total. The molecule has 0 amide bonds. The maximum atomic E-state index is 5.07. The van der Waals surface area contributed by atoms with Crippen molar-refractivity contribution in [3.63, 3.8) is 0 Å². The molecule has 0 atom stereocenters. The van der Waals surface area contributed by atoms with Gasteiger partial charge in [-0.05, 0) is 22.9 Å². The molecule has 0 spiro atoms. The molecule has 0 fully saturated rings. The van der Waals surface area contributed by atoms with Gasteiger partial charge in [-0.1, -0.05) is 5.16 Å². The molecular weight excluding hydrogens is 302 g/mol. The maximum absolute atomic E-state index is 5.07. The smallest absolute Gasteiger partial charge is 0.232 e. The van der Waals surface area contributed by atoms with Gasteiger partial charge in [-0.25, -0.2) is 4.98 Å². The standard InChI is InChI=1S/C10H12BrN5O2/c1-6-14-8(18-16-6)3-4-12-10-13-5-7(11)9(15-10)17-2/h5H,3-4H2,1-2H3,(H,12,13,15). The molecule has 2 heterocycles. The molecule has 0 saturated carbocycles. The van der Waals surface area contributed by atoms with Crippen molar-refractivity contribution in [3.05, 3.63) is 22.4 Å². The Morgan fingerprint density at radius 1 is 1.44 bits per heavy atom. The van der Waals surface area contributed by atoms with Gasteiger partial charge in [0.1, 0.15) is 0 Å². The topological polar surface area (TPSA) is 86.0 Å². The molecule has 0 radical (unpaired) electrons. The minimum absolute atomic E-state index is 0.487. The zero-order valence-corrected chi connectivity index (χ0v) is 11.6. The van der Waals surface area contributed by atoms with Crippen LogP contribution in [0.4, 0.5) is 5.95 Å². The molecule has 0 bridgehead atoms. The summed E-state index contributed by atoms with van der Waals surface area (Å²) in [4.78, 5) is 12.4. The molecule has 2 aromatic heterocycles. The third-order valence-electron chi connectivity index (χ3n) is 2.10. The quantitative estimate of drug-likeness (QED) is 0.897. The second kappa shape index (κ2) is 5.76. The van der Waals surface area contributed by atoms with Gasteiger partial charge in [0.15, 0.2) is 5.82 Å². The number of hydrogen-bond acceptors (Lipinski definition) is 7. The molecule has 18 heavy (non-hydrogen) atoms. The van der Waals surface area contributed by atoms with Gasteiger partial charge in [-0.2, -0.15) is 9.97 Å². The number of nitrogens with one attached hydrogen (secondary N) is 1. The summed E-state index contributed by atoms with van der Waals surface area (Å²) in [5, 5.41) is 6.76. The van der Waals surface area contributed by atoms with Crippen molar-refractivity contribution in [3.8, 4) is 5.88 Å². The molecule has 0 aliphatic carbocycles. The first-order valence-electron chi connectivity index (χ1n) is 5.28. The molecule has 2 rings (SSSR count). The van der Waals surface area contributed by atoms with Crippen LogP contribution in [0.2, 0.25) is 0 Å². The molecule has 8 heteroatoms. The van der Waals surface area contributed by atoms with Gasteiger partial charge >= 0.3 is 0 Å². The lowest BCUT2D eigenvalue weighted by molar-refractivity contribution is 0.377. The number of aryl methyl sites for hydroxylation is 1. The van der Waals surface area contributed by atoms with E-state index in [0.717, 1.165) is 0 Å². The summed E-state index contributed by atoms with van der Waals surface area (Å²) in [5.41, 5.74) is 0. The number of methoxy groups -OCH3 is 1. The number of anilines is 1. The van der Waals surface area contributed by atoms with E-state index in [1.165, 1.54) is 0 Å². The average molecular weight is 314 g/mol. The largest absolute Gasteiger partial charge is 0.480 e. The fraction of sp³-hybridized carbons (Fsp3) is 0.400. The van der Waals surface area contributed by atoms with Crippen LogP contribution in [-0.2, 0) is 6.42 Å². The van der Waals surface area contributed by atoms with E-state index < -0.39 is 0 Å². The summed E-state index contributed by atoms with van der Waals surface area (Å²) in [5.74, 6) is 2.20. The first-order valence-corrected chi connectivity index (χ1v) is 6.08. The van der Waals surface area contributed by atoms with Gasteiger partial charge in [-0.3, -0.25) is 0 Å². The summed E-state index contributed by atoms with van der Waals surface area (Å²) in [6, 6.07) is 0. The van der Waals surface area contributed by atoms with Crippen LogP contribution in [0.1, 0.15) is 11.7 Å². The monoisotopic (exact) mass is 313 g/mol. The molecule has 0 aromatic carbocycles. The minimum Gasteiger partial charge on any atom is -0.480 e. The maximum Gasteiger partial charge on any atom is 0.232 e. The number of nitrogens with zero attached hydrogens (tertiary/aromatic N) is 4. The van der Waals surface area contributed by atoms with E-state index in [9.17, 15) is 0 Å². The van der Waals surface area contributed by atoms with Gasteiger partial charge in [0.2, 0.25) is 17.7 Å². The molecule has 0 aliphatic rings. The Morgan fingerprint density at radius 2 is 2.28 bits per heavy atom. The Hall–Kier alpha value is -1.70. The number of aromatic nitrogens is 4. The highest BCUT2D eigenvalue weighted by molar-refractivity contribution is 9.10. The molecule has 0 unspecified atom stereocenters. The zero-order chi connectivity index (χ0) is 13.0. The summed E-state index contributed by atoms with van der Waals surface area (Å²) in [6.07, 6.45) is 2.24. The van der Waals surface area contributed by atoms with Gasteiger partial charge in [0.05, 0.1) is 17.8 Å². The van der Waals surface area contributed by atoms with E-state index >= 15 is 0 Å². The fourth-order valence-electron chi connectivity index (χ4n) is 1.30. The molecule has 2 aromatic rings. The number of rotatable bonds is 5. The van der Waals surface area contributed by atoms with Gasteiger partial charge in [0, 0.05) is 13.0 Å². The van der Waals surface area contributed by atoms with E-state index in [1.54, 1.807) is 20.2 Å². The Labute approximate surface area is 112 Å². The summed E-state index contributed by atoms with van der Waals surface area (Å²) in [7, 11) is 1.55. The summed E-state index contributed by atoms with van der Waals surface area (Å²) < 4.78 is 10.8. The second-order valence-electron chi connectivity index (χ2n) is 3.46. The molecular formula is C10H12BrN5O2. The normalized spacial score (nSPS) is 10.4. The predicted molar refractivity (Wildman–Crippen MR) is 67.5 cm³/mol. The minimum atomic E-state index is 0.487. The van der Waals surface area contributed by atoms with E-state index in [1.807, 2.05) is 0 Å². The van der Waals surface area contributed by atoms with Gasteiger partial charge in [0.25, 0.3) is 0 Å². The second-order valence-corrected chi connectivity index (χ2v) is 4.32. The van der Waals surface area contributed by atoms with E-state index in [0.29, 0.717) is 41.0 Å². The highest BCUT2D eigenvalue weighted by Crippen LogP contribution is 2.21. The lowest BCUT2D eigenvalue weighted by Crippen LogP contribution is -2.08. The SMILES string of the molecule is COc1nc(NCCc2nc(C)no2)ncc1Br. The summed E-state index contributed by atoms with van der Waals surface area (Å²) in [6.45, 7) is 2.38. The predicted octanol–water partition coefficient (Wildman–Crippen LogP) is 1.59. The summed E-state index contributed by atoms with van der Waals surface area (Å²) >= 11 is 3.29. The van der Waals surface area contributed by atoms with Crippen LogP contribution < -0.4 is 10.1 Å². The molecule has 1 N–H and O–H groups in total. The van der Waals surface area contributed by atoms with Gasteiger partial charge in [-0.15, -0.1) is 0 Å². The van der Waals surface area contributed by atoms with Crippen molar-refractivity contribution in [1.82, 2.24) is 20.1 Å². The third-order valence-corrected chi connectivity index (χ3v) is 2.64. The molecule has 0 saturated heterocycles. The van der Waals surface area contributed by atoms with Crippen LogP contribution in [0.5, 0.6) is 5.88 Å². The number of ether oxygens (including phenoxy) is 1. The third kappa shape index (κ3) is 3.16. The number of hydrogen-bond donors (Lipinski definition) is 1. The molecule has 96 valence electrons. The highest BCUT2D eigenvalue weighted by atomic mass is 79.9. The van der Waals surface area contributed by atoms with Gasteiger partial charge < -0.3 is 14.6 Å². The van der Waals surface area contributed by atoms with Crippen molar-refractivity contribution in [2.75, 3.05) is 19.0 Å².